The molecular formula is C30H53BrN2. The number of likely N-dealkylation sites (tertiary alicyclic amines) is 2. The van der Waals surface area contributed by atoms with Gasteiger partial charge in [0.05, 0.1) is 26.2 Å². The topological polar surface area (TPSA) is 3.24 Å². The average molecular weight is 522 g/mol. The molecule has 4 saturated carbocycles. The van der Waals surface area contributed by atoms with Crippen molar-refractivity contribution in [3.05, 3.63) is 0 Å². The summed E-state index contributed by atoms with van der Waals surface area (Å²) in [5.74, 6) is 4.17. The summed E-state index contributed by atoms with van der Waals surface area (Å²) in [6.45, 7) is 11.3. The normalized spacial score (nSPS) is 49.9. The lowest BCUT2D eigenvalue weighted by Gasteiger charge is -2.61. The van der Waals surface area contributed by atoms with Gasteiger partial charge in [-0.2, -0.15) is 0 Å². The molecule has 0 aromatic heterocycles. The molecule has 0 radical (unpaired) electrons. The molecule has 2 nitrogen and oxygen atoms in total. The molecule has 6 rings (SSSR count). The Bertz CT molecular complexity index is 683. The molecule has 2 aliphatic heterocycles. The highest BCUT2D eigenvalue weighted by molar-refractivity contribution is 5.09. The van der Waals surface area contributed by atoms with Crippen LogP contribution in [-0.2, 0) is 0 Å². The zero-order chi connectivity index (χ0) is 22.0. The van der Waals surface area contributed by atoms with Crippen LogP contribution in [0.4, 0.5) is 0 Å². The molecule has 8 atom stereocenters. The molecule has 6 aliphatic rings. The van der Waals surface area contributed by atoms with Gasteiger partial charge in [-0.3, -0.25) is 0 Å². The fourth-order valence-corrected chi connectivity index (χ4v) is 11.0. The smallest absolute Gasteiger partial charge is 0.0896 e. The molecule has 0 unspecified atom stereocenters. The van der Waals surface area contributed by atoms with E-state index in [4.69, 9.17) is 0 Å². The minimum absolute atomic E-state index is 0. The van der Waals surface area contributed by atoms with E-state index >= 15 is 0 Å². The first-order valence-electron chi connectivity index (χ1n) is 15.0. The zero-order valence-electron chi connectivity index (χ0n) is 22.2. The van der Waals surface area contributed by atoms with Gasteiger partial charge in [-0.05, 0) is 125 Å². The van der Waals surface area contributed by atoms with Gasteiger partial charge in [-0.15, -0.1) is 0 Å². The summed E-state index contributed by atoms with van der Waals surface area (Å²) in [5.41, 5.74) is 1.31. The molecule has 0 aromatic carbocycles. The van der Waals surface area contributed by atoms with Gasteiger partial charge in [0, 0.05) is 18.9 Å². The van der Waals surface area contributed by atoms with Crippen molar-refractivity contribution in [1.29, 1.82) is 0 Å². The Morgan fingerprint density at radius 1 is 0.758 bits per heavy atom. The van der Waals surface area contributed by atoms with E-state index in [0.29, 0.717) is 10.8 Å². The van der Waals surface area contributed by atoms with Gasteiger partial charge in [-0.1, -0.05) is 20.3 Å². The second-order valence-corrected chi connectivity index (χ2v) is 14.5. The average Bonchev–Trinajstić information content (AvgIpc) is 3.18. The quantitative estimate of drug-likeness (QED) is 0.499. The molecule has 0 N–H and O–H groups in total. The first-order chi connectivity index (χ1) is 15.4. The molecule has 0 bridgehead atoms. The minimum atomic E-state index is 0. The van der Waals surface area contributed by atoms with Crippen LogP contribution in [0, 0.1) is 34.5 Å². The maximum atomic E-state index is 2.94. The van der Waals surface area contributed by atoms with E-state index in [9.17, 15) is 0 Å². The monoisotopic (exact) mass is 520 g/mol. The standard InChI is InChI=1S/C30H53N2.BrH/c1-29-15-14-27-26(28(29)20-25(22-29)32(3)18-8-5-9-19-32)13-11-23-10-12-24(21-30(23,27)2)31-16-6-4-7-17-31;/h23-28H,4-22H2,1-3H3;1H/q+1;/p-1/t23-,24-,25+,26-,27+,28+,29-,30+;/m1./s1. The Labute approximate surface area is 216 Å². The molecule has 0 aromatic rings. The van der Waals surface area contributed by atoms with E-state index in [1.807, 2.05) is 0 Å². The minimum Gasteiger partial charge on any atom is -1.00 e. The van der Waals surface area contributed by atoms with Crippen LogP contribution in [0.15, 0.2) is 0 Å². The fraction of sp³-hybridized carbons (Fsp3) is 1.00. The van der Waals surface area contributed by atoms with Crippen molar-refractivity contribution in [3.63, 3.8) is 0 Å². The van der Waals surface area contributed by atoms with Crippen LogP contribution in [0.3, 0.4) is 0 Å². The number of hydrogen-bond donors (Lipinski definition) is 0. The molecule has 190 valence electrons. The van der Waals surface area contributed by atoms with Gasteiger partial charge >= 0.3 is 0 Å². The lowest BCUT2D eigenvalue weighted by molar-refractivity contribution is -0.937. The van der Waals surface area contributed by atoms with Gasteiger partial charge in [0.15, 0.2) is 0 Å². The summed E-state index contributed by atoms with van der Waals surface area (Å²) in [6.07, 6.45) is 22.8. The van der Waals surface area contributed by atoms with Gasteiger partial charge in [-0.25, -0.2) is 0 Å². The highest BCUT2D eigenvalue weighted by Gasteiger charge is 2.61. The van der Waals surface area contributed by atoms with Crippen molar-refractivity contribution < 1.29 is 21.5 Å². The maximum absolute atomic E-state index is 2.94. The number of fused-ring (bicyclic) bond motifs is 5. The zero-order valence-corrected chi connectivity index (χ0v) is 23.8. The van der Waals surface area contributed by atoms with Gasteiger partial charge < -0.3 is 26.4 Å². The highest BCUT2D eigenvalue weighted by atomic mass is 79.9. The van der Waals surface area contributed by atoms with Gasteiger partial charge in [0.1, 0.15) is 0 Å². The summed E-state index contributed by atoms with van der Waals surface area (Å²) >= 11 is 0. The van der Waals surface area contributed by atoms with Crippen LogP contribution >= 0.6 is 0 Å². The number of piperidine rings is 2. The number of nitrogens with zero attached hydrogens (tertiary/aromatic N) is 2. The third kappa shape index (κ3) is 4.20. The fourth-order valence-electron chi connectivity index (χ4n) is 11.0. The van der Waals surface area contributed by atoms with Crippen molar-refractivity contribution in [3.8, 4) is 0 Å². The van der Waals surface area contributed by atoms with Crippen LogP contribution < -0.4 is 17.0 Å². The molecule has 2 heterocycles. The Morgan fingerprint density at radius 3 is 2.21 bits per heavy atom. The number of halogens is 1. The summed E-state index contributed by atoms with van der Waals surface area (Å²) in [7, 11) is 2.64. The van der Waals surface area contributed by atoms with Gasteiger partial charge in [0.2, 0.25) is 0 Å². The van der Waals surface area contributed by atoms with Crippen molar-refractivity contribution in [2.24, 2.45) is 34.5 Å². The SMILES string of the molecule is C[C@]12CC[C@H]3[C@@H](CC[C@H]4CC[C@@H](N5CCCCC5)C[C@@]43C)[C@@H]1C[C@H]([N+]1(C)CCCCC1)C2.[Br-]. The number of quaternary nitrogens is 1. The summed E-state index contributed by atoms with van der Waals surface area (Å²) < 4.78 is 1.43. The summed E-state index contributed by atoms with van der Waals surface area (Å²) in [6, 6.07) is 1.89. The predicted octanol–water partition coefficient (Wildman–Crippen LogP) is 3.89. The summed E-state index contributed by atoms with van der Waals surface area (Å²) in [4.78, 5) is 2.94. The summed E-state index contributed by atoms with van der Waals surface area (Å²) in [5, 5.41) is 0. The molecule has 3 heteroatoms. The highest BCUT2D eigenvalue weighted by Crippen LogP contribution is 2.67. The molecule has 0 spiro atoms. The second kappa shape index (κ2) is 9.37. The molecule has 0 amide bonds. The third-order valence-electron chi connectivity index (χ3n) is 13.0. The molecule has 2 saturated heterocycles. The van der Waals surface area contributed by atoms with Crippen molar-refractivity contribution >= 4 is 0 Å². The number of rotatable bonds is 2. The van der Waals surface area contributed by atoms with Crippen molar-refractivity contribution in [2.75, 3.05) is 33.2 Å². The second-order valence-electron chi connectivity index (χ2n) is 14.5. The largest absolute Gasteiger partial charge is 1.00 e. The Hall–Kier alpha value is 0.400. The first-order valence-corrected chi connectivity index (χ1v) is 15.0. The van der Waals surface area contributed by atoms with E-state index in [1.54, 1.807) is 51.4 Å². The van der Waals surface area contributed by atoms with Crippen molar-refractivity contribution in [1.82, 2.24) is 4.90 Å². The van der Waals surface area contributed by atoms with E-state index in [1.165, 1.54) is 75.6 Å². The van der Waals surface area contributed by atoms with Crippen LogP contribution in [-0.4, -0.2) is 54.7 Å². The maximum Gasteiger partial charge on any atom is 0.0896 e. The van der Waals surface area contributed by atoms with E-state index in [2.05, 4.69) is 25.8 Å². The molecular weight excluding hydrogens is 468 g/mol. The van der Waals surface area contributed by atoms with E-state index in [-0.39, 0.29) is 17.0 Å². The van der Waals surface area contributed by atoms with E-state index in [0.717, 1.165) is 35.8 Å². The predicted molar refractivity (Wildman–Crippen MR) is 134 cm³/mol. The third-order valence-corrected chi connectivity index (χ3v) is 13.0. The van der Waals surface area contributed by atoms with Crippen LogP contribution in [0.25, 0.3) is 0 Å². The van der Waals surface area contributed by atoms with Gasteiger partial charge in [0.25, 0.3) is 0 Å². The lowest BCUT2D eigenvalue weighted by Crippen LogP contribution is -3.00. The van der Waals surface area contributed by atoms with E-state index < -0.39 is 0 Å². The Balaban J connectivity index is 0.00000228. The van der Waals surface area contributed by atoms with Crippen LogP contribution in [0.1, 0.15) is 110 Å². The molecule has 33 heavy (non-hydrogen) atoms. The first kappa shape index (κ1) is 25.1. The van der Waals surface area contributed by atoms with Crippen LogP contribution in [0.5, 0.6) is 0 Å². The number of hydrogen-bond acceptors (Lipinski definition) is 1. The molecule has 6 fully saturated rings. The van der Waals surface area contributed by atoms with Crippen molar-refractivity contribution in [2.45, 2.75) is 122 Å². The Kier molecular flexibility index (Phi) is 7.11. The van der Waals surface area contributed by atoms with Crippen LogP contribution in [0.2, 0.25) is 0 Å². The lowest BCUT2D eigenvalue weighted by atomic mass is 9.45. The Morgan fingerprint density at radius 2 is 1.45 bits per heavy atom. The molecule has 4 aliphatic carbocycles.